The smallest absolute Gasteiger partial charge is 0.160 e. The van der Waals surface area contributed by atoms with Crippen molar-refractivity contribution in [3.05, 3.63) is 175 Å². The molecule has 0 N–H and O–H groups in total. The van der Waals surface area contributed by atoms with Crippen molar-refractivity contribution in [1.82, 2.24) is 15.0 Å². The number of hydrogen-bond donors (Lipinski definition) is 0. The Bertz CT molecular complexity index is 3140. The fraction of sp³-hybridized carbons (Fsp3) is 0.0600. The summed E-state index contributed by atoms with van der Waals surface area (Å²) in [6.07, 6.45) is 0. The normalized spacial score (nSPS) is 13.1. The predicted molar refractivity (Wildman–Crippen MR) is 227 cm³/mol. The molecule has 0 spiro atoms. The van der Waals surface area contributed by atoms with Crippen LogP contribution < -0.4 is 0 Å². The molecule has 54 heavy (non-hydrogen) atoms. The Labute approximate surface area is 317 Å². The Morgan fingerprint density at radius 1 is 0.463 bits per heavy atom. The third kappa shape index (κ3) is 4.77. The van der Waals surface area contributed by atoms with Gasteiger partial charge in [-0.05, 0) is 69.4 Å². The second-order valence-electron chi connectivity index (χ2n) is 14.8. The van der Waals surface area contributed by atoms with Gasteiger partial charge in [-0.2, -0.15) is 0 Å². The van der Waals surface area contributed by atoms with E-state index in [9.17, 15) is 0 Å². The van der Waals surface area contributed by atoms with Crippen molar-refractivity contribution in [3.63, 3.8) is 0 Å². The van der Waals surface area contributed by atoms with Gasteiger partial charge in [-0.25, -0.2) is 15.0 Å². The molecule has 1 aliphatic rings. The number of para-hydroxylation sites is 1. The molecule has 0 saturated heterocycles. The van der Waals surface area contributed by atoms with Crippen molar-refractivity contribution in [3.8, 4) is 56.3 Å². The molecule has 3 nitrogen and oxygen atoms in total. The van der Waals surface area contributed by atoms with Gasteiger partial charge in [0, 0.05) is 53.2 Å². The van der Waals surface area contributed by atoms with Crippen LogP contribution in [0.15, 0.2) is 164 Å². The van der Waals surface area contributed by atoms with Crippen molar-refractivity contribution in [2.45, 2.75) is 19.3 Å². The standard InChI is InChI=1S/C50H33N3S/c1-50(2)40-18-10-8-16-36(40)37-24-22-35(28-41(37)50)49-52-43(31-13-4-3-5-14-31)29-44(53-49)33-23-25-45-39(27-33)46-47(34-21-20-30-12-6-7-15-32(30)26-34)51-42-19-11-9-17-38(42)48(46)54-45/h3-29H,1-2H3. The average molecular weight is 708 g/mol. The Kier molecular flexibility index (Phi) is 6.77. The number of hydrogen-bond acceptors (Lipinski definition) is 4. The minimum absolute atomic E-state index is 0.117. The maximum Gasteiger partial charge on any atom is 0.160 e. The van der Waals surface area contributed by atoms with Crippen LogP contribution >= 0.6 is 11.3 Å². The fourth-order valence-corrected chi connectivity index (χ4v) is 9.71. The molecular formula is C50H33N3S. The number of nitrogens with zero attached hydrogens (tertiary/aromatic N) is 3. The number of benzene rings is 7. The highest BCUT2D eigenvalue weighted by molar-refractivity contribution is 7.26. The first-order valence-corrected chi connectivity index (χ1v) is 19.3. The van der Waals surface area contributed by atoms with Crippen LogP contribution in [0.5, 0.6) is 0 Å². The van der Waals surface area contributed by atoms with Gasteiger partial charge in [-0.15, -0.1) is 11.3 Å². The molecule has 0 fully saturated rings. The first-order chi connectivity index (χ1) is 26.5. The number of fused-ring (bicyclic) bond motifs is 9. The summed E-state index contributed by atoms with van der Waals surface area (Å²) in [4.78, 5) is 15.9. The average Bonchev–Trinajstić information content (AvgIpc) is 3.72. The van der Waals surface area contributed by atoms with Crippen LogP contribution in [0.3, 0.4) is 0 Å². The van der Waals surface area contributed by atoms with Gasteiger partial charge in [0.25, 0.3) is 0 Å². The van der Waals surface area contributed by atoms with Gasteiger partial charge in [0.1, 0.15) is 0 Å². The van der Waals surface area contributed by atoms with E-state index >= 15 is 0 Å². The third-order valence-electron chi connectivity index (χ3n) is 11.3. The van der Waals surface area contributed by atoms with Gasteiger partial charge >= 0.3 is 0 Å². The third-order valence-corrected chi connectivity index (χ3v) is 12.5. The van der Waals surface area contributed by atoms with Crippen LogP contribution in [0, 0.1) is 0 Å². The first kappa shape index (κ1) is 31.1. The Balaban J connectivity index is 1.13. The molecule has 10 aromatic rings. The second kappa shape index (κ2) is 11.8. The molecule has 0 aliphatic heterocycles. The van der Waals surface area contributed by atoms with E-state index in [1.807, 2.05) is 17.4 Å². The van der Waals surface area contributed by atoms with E-state index < -0.39 is 0 Å². The summed E-state index contributed by atoms with van der Waals surface area (Å²) >= 11 is 1.84. The zero-order chi connectivity index (χ0) is 36.0. The summed E-state index contributed by atoms with van der Waals surface area (Å²) in [6, 6.07) is 58.6. The molecule has 1 aliphatic carbocycles. The van der Waals surface area contributed by atoms with E-state index in [4.69, 9.17) is 15.0 Å². The largest absolute Gasteiger partial charge is 0.247 e. The van der Waals surface area contributed by atoms with Gasteiger partial charge < -0.3 is 0 Å². The SMILES string of the molecule is CC1(C)c2ccccc2-c2ccc(-c3nc(-c4ccccc4)cc(-c4ccc5sc6c7ccccc7nc(-c7ccc8ccccc8c7)c6c5c4)n3)cc21. The van der Waals surface area contributed by atoms with Gasteiger partial charge in [0.05, 0.1) is 22.6 Å². The van der Waals surface area contributed by atoms with Crippen LogP contribution in [-0.4, -0.2) is 15.0 Å². The Morgan fingerprint density at radius 3 is 2.06 bits per heavy atom. The van der Waals surface area contributed by atoms with Gasteiger partial charge in [0.2, 0.25) is 0 Å². The Morgan fingerprint density at radius 2 is 1.17 bits per heavy atom. The summed E-state index contributed by atoms with van der Waals surface area (Å²) < 4.78 is 2.48. The monoisotopic (exact) mass is 707 g/mol. The molecule has 4 heteroatoms. The summed E-state index contributed by atoms with van der Waals surface area (Å²) in [6.45, 7) is 4.64. The molecule has 7 aromatic carbocycles. The molecule has 254 valence electrons. The fourth-order valence-electron chi connectivity index (χ4n) is 8.49. The molecule has 0 radical (unpaired) electrons. The summed E-state index contributed by atoms with van der Waals surface area (Å²) in [5.74, 6) is 0.723. The maximum atomic E-state index is 5.35. The summed E-state index contributed by atoms with van der Waals surface area (Å²) in [7, 11) is 0. The zero-order valence-electron chi connectivity index (χ0n) is 29.8. The molecule has 0 bridgehead atoms. The van der Waals surface area contributed by atoms with Crippen molar-refractivity contribution in [1.29, 1.82) is 0 Å². The first-order valence-electron chi connectivity index (χ1n) is 18.4. The van der Waals surface area contributed by atoms with E-state index in [0.717, 1.165) is 50.7 Å². The lowest BCUT2D eigenvalue weighted by Gasteiger charge is -2.21. The van der Waals surface area contributed by atoms with Gasteiger partial charge in [0.15, 0.2) is 5.82 Å². The molecule has 0 amide bonds. The molecule has 11 rings (SSSR count). The summed E-state index contributed by atoms with van der Waals surface area (Å²) in [5.41, 5.74) is 13.2. The molecule has 0 saturated carbocycles. The van der Waals surface area contributed by atoms with E-state index in [1.165, 1.54) is 58.6 Å². The quantitative estimate of drug-likeness (QED) is 0.183. The van der Waals surface area contributed by atoms with Crippen LogP contribution in [0.1, 0.15) is 25.0 Å². The molecular weight excluding hydrogens is 675 g/mol. The number of thiophene rings is 1. The van der Waals surface area contributed by atoms with Crippen molar-refractivity contribution < 1.29 is 0 Å². The van der Waals surface area contributed by atoms with E-state index in [1.54, 1.807) is 0 Å². The maximum absolute atomic E-state index is 5.35. The minimum atomic E-state index is -0.117. The highest BCUT2D eigenvalue weighted by atomic mass is 32.1. The van der Waals surface area contributed by atoms with Crippen LogP contribution in [0.25, 0.3) is 98.1 Å². The molecule has 0 unspecified atom stereocenters. The molecule has 3 aromatic heterocycles. The zero-order valence-corrected chi connectivity index (χ0v) is 30.7. The lowest BCUT2D eigenvalue weighted by molar-refractivity contribution is 0.660. The second-order valence-corrected chi connectivity index (χ2v) is 15.9. The van der Waals surface area contributed by atoms with Crippen molar-refractivity contribution >= 4 is 53.2 Å². The lowest BCUT2D eigenvalue weighted by Crippen LogP contribution is -2.15. The molecule has 0 atom stereocenters. The van der Waals surface area contributed by atoms with E-state index in [2.05, 4.69) is 172 Å². The minimum Gasteiger partial charge on any atom is -0.247 e. The number of rotatable bonds is 4. The van der Waals surface area contributed by atoms with Crippen LogP contribution in [0.4, 0.5) is 0 Å². The van der Waals surface area contributed by atoms with Crippen LogP contribution in [-0.2, 0) is 5.41 Å². The summed E-state index contributed by atoms with van der Waals surface area (Å²) in [5, 5.41) is 5.98. The van der Waals surface area contributed by atoms with Crippen LogP contribution in [0.2, 0.25) is 0 Å². The highest BCUT2D eigenvalue weighted by Crippen LogP contribution is 2.50. The van der Waals surface area contributed by atoms with Gasteiger partial charge in [-0.3, -0.25) is 0 Å². The molecule has 3 heterocycles. The van der Waals surface area contributed by atoms with E-state index in [-0.39, 0.29) is 5.41 Å². The Hall–Kier alpha value is -6.49. The number of pyridine rings is 1. The van der Waals surface area contributed by atoms with E-state index in [0.29, 0.717) is 0 Å². The highest BCUT2D eigenvalue weighted by Gasteiger charge is 2.35. The van der Waals surface area contributed by atoms with Gasteiger partial charge in [-0.1, -0.05) is 141 Å². The lowest BCUT2D eigenvalue weighted by atomic mass is 9.82. The topological polar surface area (TPSA) is 38.7 Å². The van der Waals surface area contributed by atoms with Crippen molar-refractivity contribution in [2.24, 2.45) is 0 Å². The number of aromatic nitrogens is 3. The predicted octanol–water partition coefficient (Wildman–Crippen LogP) is 13.5. The van der Waals surface area contributed by atoms with Crippen molar-refractivity contribution in [2.75, 3.05) is 0 Å².